The van der Waals surface area contributed by atoms with Crippen molar-refractivity contribution < 1.29 is 0 Å². The molecule has 2 heterocycles. The molecule has 0 atom stereocenters. The Balaban J connectivity index is 1.98. The third kappa shape index (κ3) is 4.19. The van der Waals surface area contributed by atoms with Gasteiger partial charge in [0.15, 0.2) is 0 Å². The lowest BCUT2D eigenvalue weighted by Gasteiger charge is -2.40. The van der Waals surface area contributed by atoms with Gasteiger partial charge in [-0.25, -0.2) is 4.98 Å². The van der Waals surface area contributed by atoms with Crippen LogP contribution in [0.25, 0.3) is 0 Å². The summed E-state index contributed by atoms with van der Waals surface area (Å²) in [6, 6.07) is 2.29. The predicted molar refractivity (Wildman–Crippen MR) is 90.8 cm³/mol. The standard InChI is InChI=1S/C18H31N3/c1-5-9-19-13-16-12-15(3)17(20-14-16)21-10-7-18(4,6-2)8-11-21/h12,14,19H,5-11,13H2,1-4H3. The molecule has 0 bridgehead atoms. The molecule has 118 valence electrons. The molecular formula is C18H31N3. The Hall–Kier alpha value is -1.09. The van der Waals surface area contributed by atoms with E-state index in [-0.39, 0.29) is 0 Å². The zero-order valence-electron chi connectivity index (χ0n) is 14.2. The zero-order valence-corrected chi connectivity index (χ0v) is 14.2. The van der Waals surface area contributed by atoms with E-state index in [9.17, 15) is 0 Å². The van der Waals surface area contributed by atoms with Gasteiger partial charge in [-0.05, 0) is 55.3 Å². The topological polar surface area (TPSA) is 28.2 Å². The fraction of sp³-hybridized carbons (Fsp3) is 0.722. The van der Waals surface area contributed by atoms with Gasteiger partial charge in [-0.15, -0.1) is 0 Å². The summed E-state index contributed by atoms with van der Waals surface area (Å²) in [7, 11) is 0. The molecule has 0 amide bonds. The van der Waals surface area contributed by atoms with Gasteiger partial charge < -0.3 is 10.2 Å². The summed E-state index contributed by atoms with van der Waals surface area (Å²) in [5.74, 6) is 1.19. The van der Waals surface area contributed by atoms with Crippen molar-refractivity contribution in [2.24, 2.45) is 5.41 Å². The van der Waals surface area contributed by atoms with E-state index in [1.807, 2.05) is 6.20 Å². The van der Waals surface area contributed by atoms with E-state index < -0.39 is 0 Å². The number of piperidine rings is 1. The smallest absolute Gasteiger partial charge is 0.131 e. The molecular weight excluding hydrogens is 258 g/mol. The summed E-state index contributed by atoms with van der Waals surface area (Å²) in [6.45, 7) is 13.4. The molecule has 1 aromatic heterocycles. The Bertz CT molecular complexity index is 448. The predicted octanol–water partition coefficient (Wildman–Crippen LogP) is 3.91. The molecule has 1 fully saturated rings. The number of pyridine rings is 1. The van der Waals surface area contributed by atoms with Gasteiger partial charge in [-0.2, -0.15) is 0 Å². The molecule has 0 aromatic carbocycles. The summed E-state index contributed by atoms with van der Waals surface area (Å²) in [4.78, 5) is 7.21. The summed E-state index contributed by atoms with van der Waals surface area (Å²) < 4.78 is 0. The molecule has 0 unspecified atom stereocenters. The van der Waals surface area contributed by atoms with Crippen molar-refractivity contribution >= 4 is 5.82 Å². The average Bonchev–Trinajstić information content (AvgIpc) is 2.49. The van der Waals surface area contributed by atoms with Gasteiger partial charge in [-0.3, -0.25) is 0 Å². The van der Waals surface area contributed by atoms with Crippen LogP contribution in [0.2, 0.25) is 0 Å². The number of hydrogen-bond donors (Lipinski definition) is 1. The SMILES string of the molecule is CCCNCc1cnc(N2CCC(C)(CC)CC2)c(C)c1. The van der Waals surface area contributed by atoms with Crippen molar-refractivity contribution in [1.29, 1.82) is 0 Å². The third-order valence-electron chi connectivity index (χ3n) is 4.99. The second kappa shape index (κ2) is 7.26. The number of rotatable bonds is 6. The van der Waals surface area contributed by atoms with Crippen molar-refractivity contribution in [3.05, 3.63) is 23.4 Å². The van der Waals surface area contributed by atoms with Crippen LogP contribution < -0.4 is 10.2 Å². The average molecular weight is 289 g/mol. The number of nitrogens with one attached hydrogen (secondary N) is 1. The molecule has 3 nitrogen and oxygen atoms in total. The first-order valence-corrected chi connectivity index (χ1v) is 8.49. The van der Waals surface area contributed by atoms with Crippen molar-refractivity contribution in [2.75, 3.05) is 24.5 Å². The van der Waals surface area contributed by atoms with Crippen molar-refractivity contribution in [1.82, 2.24) is 10.3 Å². The second-order valence-corrected chi connectivity index (χ2v) is 6.81. The van der Waals surface area contributed by atoms with Crippen LogP contribution in [0.1, 0.15) is 57.6 Å². The Labute approximate surface area is 130 Å². The molecule has 1 N–H and O–H groups in total. The minimum Gasteiger partial charge on any atom is -0.356 e. The third-order valence-corrected chi connectivity index (χ3v) is 4.99. The van der Waals surface area contributed by atoms with Crippen molar-refractivity contribution in [3.8, 4) is 0 Å². The maximum absolute atomic E-state index is 4.74. The Kier molecular flexibility index (Phi) is 5.63. The van der Waals surface area contributed by atoms with E-state index in [1.54, 1.807) is 0 Å². The van der Waals surface area contributed by atoms with Crippen LogP contribution in [-0.4, -0.2) is 24.6 Å². The number of anilines is 1. The number of hydrogen-bond acceptors (Lipinski definition) is 3. The minimum atomic E-state index is 0.536. The fourth-order valence-corrected chi connectivity index (χ4v) is 3.07. The lowest BCUT2D eigenvalue weighted by atomic mass is 9.78. The number of aryl methyl sites for hydroxylation is 1. The normalized spacial score (nSPS) is 18.0. The number of aromatic nitrogens is 1. The van der Waals surface area contributed by atoms with Crippen LogP contribution in [0.3, 0.4) is 0 Å². The van der Waals surface area contributed by atoms with Gasteiger partial charge in [0.05, 0.1) is 0 Å². The molecule has 0 aliphatic carbocycles. The fourth-order valence-electron chi connectivity index (χ4n) is 3.07. The molecule has 1 aliphatic rings. The Morgan fingerprint density at radius 2 is 2.00 bits per heavy atom. The van der Waals surface area contributed by atoms with Gasteiger partial charge in [0.2, 0.25) is 0 Å². The van der Waals surface area contributed by atoms with Gasteiger partial charge in [0, 0.05) is 25.8 Å². The summed E-state index contributed by atoms with van der Waals surface area (Å²) >= 11 is 0. The molecule has 1 aromatic rings. The maximum atomic E-state index is 4.74. The highest BCUT2D eigenvalue weighted by Crippen LogP contribution is 2.35. The van der Waals surface area contributed by atoms with E-state index in [4.69, 9.17) is 4.98 Å². The van der Waals surface area contributed by atoms with E-state index in [2.05, 4.69) is 44.0 Å². The Morgan fingerprint density at radius 3 is 2.57 bits per heavy atom. The molecule has 0 saturated carbocycles. The van der Waals surface area contributed by atoms with Crippen LogP contribution >= 0.6 is 0 Å². The zero-order chi connectivity index (χ0) is 15.3. The van der Waals surface area contributed by atoms with Gasteiger partial charge >= 0.3 is 0 Å². The number of nitrogens with zero attached hydrogens (tertiary/aromatic N) is 2. The van der Waals surface area contributed by atoms with Crippen molar-refractivity contribution in [2.45, 2.75) is 59.9 Å². The maximum Gasteiger partial charge on any atom is 0.131 e. The quantitative estimate of drug-likeness (QED) is 0.805. The summed E-state index contributed by atoms with van der Waals surface area (Å²) in [6.07, 6.45) is 7.07. The van der Waals surface area contributed by atoms with E-state index in [0.29, 0.717) is 5.41 Å². The Morgan fingerprint density at radius 1 is 1.29 bits per heavy atom. The van der Waals surface area contributed by atoms with Gasteiger partial charge in [-0.1, -0.05) is 27.2 Å². The monoisotopic (exact) mass is 289 g/mol. The largest absolute Gasteiger partial charge is 0.356 e. The van der Waals surface area contributed by atoms with Crippen LogP contribution in [-0.2, 0) is 6.54 Å². The van der Waals surface area contributed by atoms with Gasteiger partial charge in [0.1, 0.15) is 5.82 Å². The van der Waals surface area contributed by atoms with Crippen LogP contribution in [0.5, 0.6) is 0 Å². The van der Waals surface area contributed by atoms with E-state index in [1.165, 1.54) is 42.6 Å². The molecule has 1 saturated heterocycles. The summed E-state index contributed by atoms with van der Waals surface area (Å²) in [5, 5.41) is 3.44. The lowest BCUT2D eigenvalue weighted by Crippen LogP contribution is -2.39. The van der Waals surface area contributed by atoms with E-state index >= 15 is 0 Å². The molecule has 0 radical (unpaired) electrons. The molecule has 21 heavy (non-hydrogen) atoms. The van der Waals surface area contributed by atoms with Crippen LogP contribution in [0.15, 0.2) is 12.3 Å². The van der Waals surface area contributed by atoms with Crippen molar-refractivity contribution in [3.63, 3.8) is 0 Å². The molecule has 3 heteroatoms. The first kappa shape index (κ1) is 16.3. The highest BCUT2D eigenvalue weighted by atomic mass is 15.2. The minimum absolute atomic E-state index is 0.536. The van der Waals surface area contributed by atoms with Gasteiger partial charge in [0.25, 0.3) is 0 Å². The molecule has 1 aliphatic heterocycles. The van der Waals surface area contributed by atoms with Crippen LogP contribution in [0, 0.1) is 12.3 Å². The molecule has 2 rings (SSSR count). The second-order valence-electron chi connectivity index (χ2n) is 6.81. The summed E-state index contributed by atoms with van der Waals surface area (Å²) in [5.41, 5.74) is 3.14. The van der Waals surface area contributed by atoms with E-state index in [0.717, 1.165) is 26.2 Å². The first-order valence-electron chi connectivity index (χ1n) is 8.49. The lowest BCUT2D eigenvalue weighted by molar-refractivity contribution is 0.237. The highest BCUT2D eigenvalue weighted by Gasteiger charge is 2.29. The highest BCUT2D eigenvalue weighted by molar-refractivity contribution is 5.47. The first-order chi connectivity index (χ1) is 10.1. The van der Waals surface area contributed by atoms with Crippen LogP contribution in [0.4, 0.5) is 5.82 Å². The molecule has 0 spiro atoms.